The van der Waals surface area contributed by atoms with E-state index in [-0.39, 0.29) is 0 Å². The van der Waals surface area contributed by atoms with E-state index in [1.807, 2.05) is 44.2 Å². The smallest absolute Gasteiger partial charge is 0.159 e. The molecular weight excluding hydrogens is 200 g/mol. The normalized spacial score (nSPS) is 10.1. The Hall–Kier alpha value is -1.90. The van der Waals surface area contributed by atoms with E-state index in [9.17, 15) is 0 Å². The van der Waals surface area contributed by atoms with Crippen molar-refractivity contribution in [2.45, 2.75) is 20.5 Å². The lowest BCUT2D eigenvalue weighted by molar-refractivity contribution is 0.301. The SMILES string of the molecule is Cc1ncc(OCc2ccccc2)c(C)n1. The van der Waals surface area contributed by atoms with E-state index in [1.54, 1.807) is 6.20 Å². The number of hydrogen-bond donors (Lipinski definition) is 0. The zero-order valence-corrected chi connectivity index (χ0v) is 9.47. The molecule has 0 aliphatic heterocycles. The molecule has 0 atom stereocenters. The van der Waals surface area contributed by atoms with E-state index in [0.29, 0.717) is 6.61 Å². The number of hydrogen-bond acceptors (Lipinski definition) is 3. The summed E-state index contributed by atoms with van der Waals surface area (Å²) in [5, 5.41) is 0. The highest BCUT2D eigenvalue weighted by atomic mass is 16.5. The van der Waals surface area contributed by atoms with Gasteiger partial charge in [-0.15, -0.1) is 0 Å². The molecule has 0 N–H and O–H groups in total. The fraction of sp³-hybridized carbons (Fsp3) is 0.231. The van der Waals surface area contributed by atoms with Crippen LogP contribution in [0, 0.1) is 13.8 Å². The molecule has 3 heteroatoms. The van der Waals surface area contributed by atoms with Crippen LogP contribution in [-0.2, 0) is 6.61 Å². The third-order valence-electron chi connectivity index (χ3n) is 2.29. The summed E-state index contributed by atoms with van der Waals surface area (Å²) in [6.07, 6.45) is 1.72. The molecule has 0 saturated carbocycles. The predicted octanol–water partition coefficient (Wildman–Crippen LogP) is 2.67. The van der Waals surface area contributed by atoms with E-state index in [1.165, 1.54) is 0 Å². The van der Waals surface area contributed by atoms with Crippen molar-refractivity contribution in [1.29, 1.82) is 0 Å². The minimum absolute atomic E-state index is 0.550. The molecule has 0 fully saturated rings. The second kappa shape index (κ2) is 4.75. The first-order valence-electron chi connectivity index (χ1n) is 5.22. The maximum Gasteiger partial charge on any atom is 0.159 e. The van der Waals surface area contributed by atoms with Crippen LogP contribution in [0.3, 0.4) is 0 Å². The molecule has 0 amide bonds. The first-order chi connectivity index (χ1) is 7.75. The van der Waals surface area contributed by atoms with Crippen molar-refractivity contribution < 1.29 is 4.74 Å². The Morgan fingerprint density at radius 3 is 2.56 bits per heavy atom. The number of ether oxygens (including phenoxy) is 1. The zero-order valence-electron chi connectivity index (χ0n) is 9.47. The molecule has 0 bridgehead atoms. The van der Waals surface area contributed by atoms with Crippen molar-refractivity contribution in [2.75, 3.05) is 0 Å². The third-order valence-corrected chi connectivity index (χ3v) is 2.29. The van der Waals surface area contributed by atoms with Crippen molar-refractivity contribution in [3.63, 3.8) is 0 Å². The molecule has 0 radical (unpaired) electrons. The van der Waals surface area contributed by atoms with Crippen LogP contribution in [0.2, 0.25) is 0 Å². The molecule has 0 spiro atoms. The Kier molecular flexibility index (Phi) is 3.15. The second-order valence-electron chi connectivity index (χ2n) is 3.64. The molecule has 16 heavy (non-hydrogen) atoms. The van der Waals surface area contributed by atoms with E-state index in [4.69, 9.17) is 4.74 Å². The van der Waals surface area contributed by atoms with Crippen LogP contribution in [0.25, 0.3) is 0 Å². The van der Waals surface area contributed by atoms with Crippen molar-refractivity contribution in [3.8, 4) is 5.75 Å². The summed E-state index contributed by atoms with van der Waals surface area (Å²) in [6, 6.07) is 10.0. The molecule has 82 valence electrons. The number of rotatable bonds is 3. The number of benzene rings is 1. The average molecular weight is 214 g/mol. The van der Waals surface area contributed by atoms with Gasteiger partial charge in [0.15, 0.2) is 5.75 Å². The zero-order chi connectivity index (χ0) is 11.4. The quantitative estimate of drug-likeness (QED) is 0.787. The number of nitrogens with zero attached hydrogens (tertiary/aromatic N) is 2. The predicted molar refractivity (Wildman–Crippen MR) is 62.3 cm³/mol. The Balaban J connectivity index is 2.05. The lowest BCUT2D eigenvalue weighted by Gasteiger charge is -2.08. The maximum atomic E-state index is 5.65. The van der Waals surface area contributed by atoms with E-state index < -0.39 is 0 Å². The fourth-order valence-electron chi connectivity index (χ4n) is 1.45. The van der Waals surface area contributed by atoms with Crippen LogP contribution in [0.5, 0.6) is 5.75 Å². The fourth-order valence-corrected chi connectivity index (χ4v) is 1.45. The van der Waals surface area contributed by atoms with Gasteiger partial charge in [0.1, 0.15) is 12.4 Å². The van der Waals surface area contributed by atoms with Crippen LogP contribution < -0.4 is 4.74 Å². The Morgan fingerprint density at radius 2 is 1.88 bits per heavy atom. The van der Waals surface area contributed by atoms with Crippen LogP contribution in [-0.4, -0.2) is 9.97 Å². The molecule has 0 saturated heterocycles. The second-order valence-corrected chi connectivity index (χ2v) is 3.64. The maximum absolute atomic E-state index is 5.65. The largest absolute Gasteiger partial charge is 0.485 e. The van der Waals surface area contributed by atoms with Crippen LogP contribution in [0.15, 0.2) is 36.5 Å². The van der Waals surface area contributed by atoms with Gasteiger partial charge < -0.3 is 4.74 Å². The van der Waals surface area contributed by atoms with E-state index in [0.717, 1.165) is 22.8 Å². The van der Waals surface area contributed by atoms with Gasteiger partial charge >= 0.3 is 0 Å². The number of aryl methyl sites for hydroxylation is 2. The third kappa shape index (κ3) is 2.57. The lowest BCUT2D eigenvalue weighted by Crippen LogP contribution is -2.00. The molecule has 1 aromatic heterocycles. The topological polar surface area (TPSA) is 35.0 Å². The lowest BCUT2D eigenvalue weighted by atomic mass is 10.2. The van der Waals surface area contributed by atoms with Gasteiger partial charge in [-0.25, -0.2) is 9.97 Å². The van der Waals surface area contributed by atoms with E-state index in [2.05, 4.69) is 9.97 Å². The standard InChI is InChI=1S/C13H14N2O/c1-10-13(8-14-11(2)15-10)16-9-12-6-4-3-5-7-12/h3-8H,9H2,1-2H3. The van der Waals surface area contributed by atoms with Gasteiger partial charge in [0.25, 0.3) is 0 Å². The highest BCUT2D eigenvalue weighted by molar-refractivity contribution is 5.24. The summed E-state index contributed by atoms with van der Waals surface area (Å²) in [4.78, 5) is 8.37. The van der Waals surface area contributed by atoms with Gasteiger partial charge in [-0.2, -0.15) is 0 Å². The molecule has 0 aliphatic rings. The van der Waals surface area contributed by atoms with Gasteiger partial charge in [-0.3, -0.25) is 0 Å². The summed E-state index contributed by atoms with van der Waals surface area (Å²) in [5.41, 5.74) is 2.02. The number of aromatic nitrogens is 2. The van der Waals surface area contributed by atoms with Gasteiger partial charge in [0.2, 0.25) is 0 Å². The Bertz CT molecular complexity index is 469. The summed E-state index contributed by atoms with van der Waals surface area (Å²) >= 11 is 0. The summed E-state index contributed by atoms with van der Waals surface area (Å²) in [7, 11) is 0. The minimum atomic E-state index is 0.550. The molecule has 3 nitrogen and oxygen atoms in total. The molecule has 0 aliphatic carbocycles. The molecule has 2 aromatic rings. The molecule has 0 unspecified atom stereocenters. The van der Waals surface area contributed by atoms with Crippen molar-refractivity contribution in [3.05, 3.63) is 53.6 Å². The van der Waals surface area contributed by atoms with Gasteiger partial charge in [0, 0.05) is 0 Å². The highest BCUT2D eigenvalue weighted by Crippen LogP contribution is 2.15. The van der Waals surface area contributed by atoms with Crippen LogP contribution in [0.1, 0.15) is 17.1 Å². The van der Waals surface area contributed by atoms with Crippen LogP contribution >= 0.6 is 0 Å². The first-order valence-corrected chi connectivity index (χ1v) is 5.22. The summed E-state index contributed by atoms with van der Waals surface area (Å²) < 4.78 is 5.65. The Labute approximate surface area is 95.1 Å². The molecule has 1 heterocycles. The minimum Gasteiger partial charge on any atom is -0.485 e. The molecule has 1 aromatic carbocycles. The van der Waals surface area contributed by atoms with E-state index >= 15 is 0 Å². The van der Waals surface area contributed by atoms with Crippen molar-refractivity contribution >= 4 is 0 Å². The van der Waals surface area contributed by atoms with Crippen molar-refractivity contribution in [2.24, 2.45) is 0 Å². The monoisotopic (exact) mass is 214 g/mol. The highest BCUT2D eigenvalue weighted by Gasteiger charge is 2.02. The van der Waals surface area contributed by atoms with Gasteiger partial charge in [-0.1, -0.05) is 30.3 Å². The summed E-state index contributed by atoms with van der Waals surface area (Å²) in [5.74, 6) is 1.51. The Morgan fingerprint density at radius 1 is 1.12 bits per heavy atom. The van der Waals surface area contributed by atoms with Gasteiger partial charge in [0.05, 0.1) is 11.9 Å². The molecule has 2 rings (SSSR count). The average Bonchev–Trinajstić information content (AvgIpc) is 2.29. The van der Waals surface area contributed by atoms with Gasteiger partial charge in [-0.05, 0) is 19.4 Å². The van der Waals surface area contributed by atoms with Crippen LogP contribution in [0.4, 0.5) is 0 Å². The molecular formula is C13H14N2O. The van der Waals surface area contributed by atoms with Crippen molar-refractivity contribution in [1.82, 2.24) is 9.97 Å². The first kappa shape index (κ1) is 10.6. The summed E-state index contributed by atoms with van der Waals surface area (Å²) in [6.45, 7) is 4.34.